The van der Waals surface area contributed by atoms with E-state index in [2.05, 4.69) is 152 Å². The van der Waals surface area contributed by atoms with Gasteiger partial charge in [-0.3, -0.25) is 4.57 Å². The van der Waals surface area contributed by atoms with E-state index in [4.69, 9.17) is 9.72 Å². The molecule has 6 aromatic rings. The van der Waals surface area contributed by atoms with E-state index in [1.165, 1.54) is 92.6 Å². The van der Waals surface area contributed by atoms with Gasteiger partial charge in [0.25, 0.3) is 0 Å². The molecule has 11 rings (SSSR count). The minimum absolute atomic E-state index is 0.186. The maximum Gasteiger partial charge on any atom is 0.135 e. The van der Waals surface area contributed by atoms with Gasteiger partial charge in [0.05, 0.1) is 16.7 Å². The van der Waals surface area contributed by atoms with Gasteiger partial charge < -0.3 is 4.74 Å². The van der Waals surface area contributed by atoms with E-state index in [9.17, 15) is 0 Å². The van der Waals surface area contributed by atoms with Crippen molar-refractivity contribution in [3.05, 3.63) is 178 Å². The van der Waals surface area contributed by atoms with Crippen LogP contribution in [-0.2, 0) is 6.42 Å². The number of rotatable bonds is 6. The standard InChI is InChI=1S/C50H44N2O/c1-49(26-24-39-37-15-5-3-13-35(37)36-14-4-6-16-38(36)39)25-11-12-34(31-49)33-23-27-50(2)43(30-33)42-29-32(21-22-47(42)53-50)28-41-40-17-7-9-19-45(40)52-46-20-10-8-18-44(46)51-48(41)52/h3-10,13-23,29-31,39,41H,11-12,24-28H2,1-2H3. The van der Waals surface area contributed by atoms with Gasteiger partial charge in [-0.1, -0.05) is 104 Å². The minimum atomic E-state index is -0.333. The zero-order valence-electron chi connectivity index (χ0n) is 30.6. The third kappa shape index (κ3) is 4.82. The van der Waals surface area contributed by atoms with E-state index in [-0.39, 0.29) is 16.9 Å². The topological polar surface area (TPSA) is 27.1 Å². The zero-order valence-corrected chi connectivity index (χ0v) is 30.6. The van der Waals surface area contributed by atoms with Crippen molar-refractivity contribution in [2.75, 3.05) is 0 Å². The lowest BCUT2D eigenvalue weighted by atomic mass is 9.71. The first-order valence-corrected chi connectivity index (χ1v) is 19.7. The van der Waals surface area contributed by atoms with Crippen LogP contribution in [0.4, 0.5) is 0 Å². The summed E-state index contributed by atoms with van der Waals surface area (Å²) in [5, 5.41) is 0. The molecule has 0 saturated carbocycles. The molecular formula is C50H44N2O. The average Bonchev–Trinajstić information content (AvgIpc) is 3.90. The molecule has 3 unspecified atom stereocenters. The van der Waals surface area contributed by atoms with E-state index in [0.717, 1.165) is 36.4 Å². The van der Waals surface area contributed by atoms with Crippen molar-refractivity contribution in [2.24, 2.45) is 5.41 Å². The molecule has 0 bridgehead atoms. The number of allylic oxidation sites excluding steroid dienone is 4. The van der Waals surface area contributed by atoms with E-state index in [1.807, 2.05) is 0 Å². The molecule has 3 heterocycles. The maximum atomic E-state index is 6.76. The lowest BCUT2D eigenvalue weighted by Gasteiger charge is -2.35. The molecule has 0 amide bonds. The second kappa shape index (κ2) is 11.5. The summed E-state index contributed by atoms with van der Waals surface area (Å²) in [6.07, 6.45) is 15.4. The predicted molar refractivity (Wildman–Crippen MR) is 216 cm³/mol. The van der Waals surface area contributed by atoms with Gasteiger partial charge in [-0.25, -0.2) is 4.98 Å². The highest BCUT2D eigenvalue weighted by Crippen LogP contribution is 2.53. The molecule has 3 atom stereocenters. The normalized spacial score (nSPS) is 23.6. The summed E-state index contributed by atoms with van der Waals surface area (Å²) in [7, 11) is 0. The SMILES string of the molecule is CC1(CCC2c3ccccc3-c3ccccc32)C=C(C2=CCC3(C)Oc4ccc(CC5c6ccccc6-n6c5nc5ccccc56)cc4C3=C2)CCC1. The highest BCUT2D eigenvalue weighted by Gasteiger charge is 2.42. The van der Waals surface area contributed by atoms with Gasteiger partial charge in [0.2, 0.25) is 0 Å². The Balaban J connectivity index is 0.882. The third-order valence-electron chi connectivity index (χ3n) is 13.2. The first-order valence-electron chi connectivity index (χ1n) is 19.7. The summed E-state index contributed by atoms with van der Waals surface area (Å²) in [4.78, 5) is 5.18. The molecule has 260 valence electrons. The summed E-state index contributed by atoms with van der Waals surface area (Å²) in [6.45, 7) is 4.79. The Morgan fingerprint density at radius 2 is 1.51 bits per heavy atom. The predicted octanol–water partition coefficient (Wildman–Crippen LogP) is 12.3. The summed E-state index contributed by atoms with van der Waals surface area (Å²) >= 11 is 0. The molecule has 0 N–H and O–H groups in total. The Morgan fingerprint density at radius 1 is 0.774 bits per heavy atom. The molecular weight excluding hydrogens is 645 g/mol. The summed E-state index contributed by atoms with van der Waals surface area (Å²) in [6, 6.07) is 42.4. The van der Waals surface area contributed by atoms with Gasteiger partial charge in [0.15, 0.2) is 0 Å². The van der Waals surface area contributed by atoms with E-state index in [0.29, 0.717) is 5.92 Å². The van der Waals surface area contributed by atoms with E-state index in [1.54, 1.807) is 0 Å². The Hall–Kier alpha value is -5.41. The number of aromatic nitrogens is 2. The summed E-state index contributed by atoms with van der Waals surface area (Å²) < 4.78 is 9.13. The fraction of sp³-hybridized carbons (Fsp3) is 0.260. The van der Waals surface area contributed by atoms with Crippen LogP contribution in [0.3, 0.4) is 0 Å². The molecule has 0 saturated heterocycles. The van der Waals surface area contributed by atoms with Crippen LogP contribution in [0.15, 0.2) is 145 Å². The number of hydrogen-bond acceptors (Lipinski definition) is 2. The monoisotopic (exact) mass is 688 g/mol. The fourth-order valence-corrected chi connectivity index (χ4v) is 10.5. The van der Waals surface area contributed by atoms with Gasteiger partial charge >= 0.3 is 0 Å². The van der Waals surface area contributed by atoms with Crippen LogP contribution in [0, 0.1) is 5.41 Å². The van der Waals surface area contributed by atoms with Crippen LogP contribution in [0.2, 0.25) is 0 Å². The quantitative estimate of drug-likeness (QED) is 0.174. The number of hydrogen-bond donors (Lipinski definition) is 0. The molecule has 0 fully saturated rings. The lowest BCUT2D eigenvalue weighted by Crippen LogP contribution is -2.30. The van der Waals surface area contributed by atoms with Gasteiger partial charge in [-0.2, -0.15) is 0 Å². The van der Waals surface area contributed by atoms with Gasteiger partial charge in [-0.15, -0.1) is 0 Å². The molecule has 1 aromatic heterocycles. The van der Waals surface area contributed by atoms with Crippen LogP contribution in [0.1, 0.15) is 97.8 Å². The van der Waals surface area contributed by atoms with Crippen molar-refractivity contribution in [3.63, 3.8) is 0 Å². The minimum Gasteiger partial charge on any atom is -0.482 e. The second-order valence-corrected chi connectivity index (χ2v) is 16.6. The number of ether oxygens (including phenoxy) is 1. The van der Waals surface area contributed by atoms with Crippen molar-refractivity contribution >= 4 is 16.6 Å². The van der Waals surface area contributed by atoms with E-state index < -0.39 is 0 Å². The molecule has 0 spiro atoms. The third-order valence-corrected chi connectivity index (χ3v) is 13.2. The van der Waals surface area contributed by atoms with Crippen molar-refractivity contribution in [1.29, 1.82) is 0 Å². The second-order valence-electron chi connectivity index (χ2n) is 16.6. The van der Waals surface area contributed by atoms with E-state index >= 15 is 0 Å². The molecule has 3 nitrogen and oxygen atoms in total. The molecule has 2 aliphatic heterocycles. The summed E-state index contributed by atoms with van der Waals surface area (Å²) in [5.41, 5.74) is 17.4. The highest BCUT2D eigenvalue weighted by molar-refractivity contribution is 5.85. The Kier molecular flexibility index (Phi) is 6.78. The van der Waals surface area contributed by atoms with Crippen LogP contribution in [0.25, 0.3) is 33.4 Å². The lowest BCUT2D eigenvalue weighted by molar-refractivity contribution is 0.169. The zero-order chi connectivity index (χ0) is 35.3. The molecule has 0 radical (unpaired) electrons. The van der Waals surface area contributed by atoms with Crippen LogP contribution < -0.4 is 4.74 Å². The van der Waals surface area contributed by atoms with Gasteiger partial charge in [0.1, 0.15) is 17.2 Å². The van der Waals surface area contributed by atoms with Gasteiger partial charge in [0, 0.05) is 29.4 Å². The Morgan fingerprint density at radius 3 is 2.34 bits per heavy atom. The number of nitrogens with zero attached hydrogens (tertiary/aromatic N) is 2. The van der Waals surface area contributed by atoms with Crippen molar-refractivity contribution in [3.8, 4) is 22.6 Å². The molecule has 53 heavy (non-hydrogen) atoms. The summed E-state index contributed by atoms with van der Waals surface area (Å²) in [5.74, 6) is 2.84. The highest BCUT2D eigenvalue weighted by atomic mass is 16.5. The van der Waals surface area contributed by atoms with Crippen LogP contribution in [0.5, 0.6) is 5.75 Å². The van der Waals surface area contributed by atoms with Gasteiger partial charge in [-0.05, 0) is 132 Å². The molecule has 5 aliphatic rings. The number of imidazole rings is 1. The van der Waals surface area contributed by atoms with Crippen molar-refractivity contribution in [2.45, 2.75) is 76.2 Å². The van der Waals surface area contributed by atoms with Crippen molar-refractivity contribution < 1.29 is 4.74 Å². The number of benzene rings is 5. The average molecular weight is 689 g/mol. The fourth-order valence-electron chi connectivity index (χ4n) is 10.5. The Bertz CT molecular complexity index is 2540. The smallest absolute Gasteiger partial charge is 0.135 e. The molecule has 5 aromatic carbocycles. The van der Waals surface area contributed by atoms with Crippen molar-refractivity contribution in [1.82, 2.24) is 9.55 Å². The van der Waals surface area contributed by atoms with Crippen LogP contribution in [-0.4, -0.2) is 15.2 Å². The first kappa shape index (κ1) is 31.1. The molecule has 3 heteroatoms. The molecule has 3 aliphatic carbocycles. The first-order chi connectivity index (χ1) is 25.9. The largest absolute Gasteiger partial charge is 0.482 e. The number of para-hydroxylation sites is 3. The Labute approximate surface area is 312 Å². The maximum absolute atomic E-state index is 6.76. The van der Waals surface area contributed by atoms with Crippen LogP contribution >= 0.6 is 0 Å². The number of fused-ring (bicyclic) bond motifs is 11.